The zero-order valence-electron chi connectivity index (χ0n) is 9.23. The van der Waals surface area contributed by atoms with Crippen LogP contribution in [0.25, 0.3) is 0 Å². The smallest absolute Gasteiger partial charge is 0.0349 e. The highest BCUT2D eigenvalue weighted by molar-refractivity contribution is 5.49. The first kappa shape index (κ1) is 10.1. The summed E-state index contributed by atoms with van der Waals surface area (Å²) in [5.74, 6) is 0. The minimum Gasteiger partial charge on any atom is -0.380 e. The second-order valence-electron chi connectivity index (χ2n) is 4.75. The van der Waals surface area contributed by atoms with Crippen LogP contribution in [-0.2, 0) is 0 Å². The normalized spacial score (nSPS) is 11.5. The van der Waals surface area contributed by atoms with E-state index in [1.807, 2.05) is 0 Å². The predicted octanol–water partition coefficient (Wildman–Crippen LogP) is 3.51. The Labute approximate surface area is 81.2 Å². The molecule has 1 aromatic rings. The van der Waals surface area contributed by atoms with E-state index in [9.17, 15) is 0 Å². The zero-order valence-corrected chi connectivity index (χ0v) is 9.23. The Hall–Kier alpha value is -0.980. The Morgan fingerprint density at radius 1 is 0.923 bits per heavy atom. The average Bonchev–Trinajstić information content (AvgIpc) is 1.78. The van der Waals surface area contributed by atoms with Gasteiger partial charge in [0.05, 0.1) is 0 Å². The first-order valence-corrected chi connectivity index (χ1v) is 4.73. The molecule has 0 aliphatic heterocycles. The quantitative estimate of drug-likeness (QED) is 0.692. The fraction of sp³-hybridized carbons (Fsp3) is 0.500. The molecule has 0 aliphatic rings. The van der Waals surface area contributed by atoms with Crippen molar-refractivity contribution in [3.63, 3.8) is 0 Å². The van der Waals surface area contributed by atoms with Crippen LogP contribution in [0.1, 0.15) is 31.9 Å². The average molecular weight is 177 g/mol. The highest BCUT2D eigenvalue weighted by Crippen LogP contribution is 2.17. The molecule has 0 heterocycles. The Kier molecular flexibility index (Phi) is 2.65. The van der Waals surface area contributed by atoms with Crippen molar-refractivity contribution < 1.29 is 0 Å². The minimum atomic E-state index is 0.139. The van der Waals surface area contributed by atoms with E-state index < -0.39 is 0 Å². The number of anilines is 1. The summed E-state index contributed by atoms with van der Waals surface area (Å²) in [6.07, 6.45) is 0. The van der Waals surface area contributed by atoms with Gasteiger partial charge in [-0.2, -0.15) is 0 Å². The van der Waals surface area contributed by atoms with E-state index >= 15 is 0 Å². The summed E-state index contributed by atoms with van der Waals surface area (Å²) in [4.78, 5) is 0. The first-order valence-electron chi connectivity index (χ1n) is 4.73. The maximum atomic E-state index is 3.46. The van der Waals surface area contributed by atoms with E-state index in [2.05, 4.69) is 58.1 Å². The van der Waals surface area contributed by atoms with Gasteiger partial charge in [-0.15, -0.1) is 0 Å². The van der Waals surface area contributed by atoms with Crippen molar-refractivity contribution in [2.45, 2.75) is 40.2 Å². The Balaban J connectivity index is 2.90. The number of aryl methyl sites for hydroxylation is 2. The lowest BCUT2D eigenvalue weighted by atomic mass is 10.1. The van der Waals surface area contributed by atoms with Crippen molar-refractivity contribution in [1.82, 2.24) is 0 Å². The van der Waals surface area contributed by atoms with Crippen LogP contribution in [0.4, 0.5) is 5.69 Å². The van der Waals surface area contributed by atoms with Gasteiger partial charge in [0.2, 0.25) is 0 Å². The highest BCUT2D eigenvalue weighted by Gasteiger charge is 2.08. The molecule has 1 rings (SSSR count). The third-order valence-corrected chi connectivity index (χ3v) is 1.74. The van der Waals surface area contributed by atoms with Gasteiger partial charge in [-0.3, -0.25) is 0 Å². The lowest BCUT2D eigenvalue weighted by molar-refractivity contribution is 0.634. The minimum absolute atomic E-state index is 0.139. The molecule has 0 spiro atoms. The number of nitrogens with one attached hydrogen (secondary N) is 1. The maximum Gasteiger partial charge on any atom is 0.0349 e. The van der Waals surface area contributed by atoms with Crippen LogP contribution >= 0.6 is 0 Å². The fourth-order valence-corrected chi connectivity index (χ4v) is 1.48. The molecule has 1 heteroatoms. The molecule has 0 amide bonds. The molecule has 0 bridgehead atoms. The summed E-state index contributed by atoms with van der Waals surface area (Å²) >= 11 is 0. The van der Waals surface area contributed by atoms with Crippen molar-refractivity contribution >= 4 is 5.69 Å². The van der Waals surface area contributed by atoms with Crippen molar-refractivity contribution in [2.24, 2.45) is 0 Å². The summed E-state index contributed by atoms with van der Waals surface area (Å²) < 4.78 is 0. The van der Waals surface area contributed by atoms with Gasteiger partial charge in [0.15, 0.2) is 0 Å². The van der Waals surface area contributed by atoms with E-state index in [0.29, 0.717) is 0 Å². The topological polar surface area (TPSA) is 12.0 Å². The Morgan fingerprint density at radius 3 is 1.77 bits per heavy atom. The summed E-state index contributed by atoms with van der Waals surface area (Å²) in [5, 5.41) is 3.46. The second kappa shape index (κ2) is 3.41. The van der Waals surface area contributed by atoms with Crippen LogP contribution in [0.15, 0.2) is 18.2 Å². The number of hydrogen-bond donors (Lipinski definition) is 1. The maximum absolute atomic E-state index is 3.46. The fourth-order valence-electron chi connectivity index (χ4n) is 1.48. The number of benzene rings is 1. The van der Waals surface area contributed by atoms with E-state index in [4.69, 9.17) is 0 Å². The van der Waals surface area contributed by atoms with Gasteiger partial charge < -0.3 is 5.32 Å². The van der Waals surface area contributed by atoms with Crippen molar-refractivity contribution in [1.29, 1.82) is 0 Å². The van der Waals surface area contributed by atoms with Gasteiger partial charge >= 0.3 is 0 Å². The molecule has 0 saturated heterocycles. The van der Waals surface area contributed by atoms with Gasteiger partial charge in [-0.05, 0) is 57.9 Å². The van der Waals surface area contributed by atoms with Crippen molar-refractivity contribution in [3.05, 3.63) is 29.3 Å². The summed E-state index contributed by atoms with van der Waals surface area (Å²) in [6, 6.07) is 6.55. The largest absolute Gasteiger partial charge is 0.380 e. The monoisotopic (exact) mass is 177 g/mol. The van der Waals surface area contributed by atoms with Crippen LogP contribution in [0.2, 0.25) is 0 Å². The highest BCUT2D eigenvalue weighted by atomic mass is 14.9. The van der Waals surface area contributed by atoms with Crippen LogP contribution in [0.3, 0.4) is 0 Å². The zero-order chi connectivity index (χ0) is 10.1. The SMILES string of the molecule is Cc1cc(C)cc(NC(C)(C)C)c1. The number of rotatable bonds is 1. The van der Waals surface area contributed by atoms with Crippen LogP contribution in [-0.4, -0.2) is 5.54 Å². The standard InChI is InChI=1S/C12H19N/c1-9-6-10(2)8-11(7-9)13-12(3,4)5/h6-8,13H,1-5H3. The van der Waals surface area contributed by atoms with E-state index in [-0.39, 0.29) is 5.54 Å². The second-order valence-corrected chi connectivity index (χ2v) is 4.75. The van der Waals surface area contributed by atoms with Crippen molar-refractivity contribution in [3.8, 4) is 0 Å². The molecule has 0 atom stereocenters. The molecule has 1 nitrogen and oxygen atoms in total. The molecule has 0 unspecified atom stereocenters. The molecule has 1 N–H and O–H groups in total. The molecule has 0 saturated carbocycles. The first-order chi connectivity index (χ1) is 5.87. The van der Waals surface area contributed by atoms with Crippen LogP contribution in [0.5, 0.6) is 0 Å². The van der Waals surface area contributed by atoms with E-state index in [1.165, 1.54) is 16.8 Å². The van der Waals surface area contributed by atoms with E-state index in [0.717, 1.165) is 0 Å². The van der Waals surface area contributed by atoms with Crippen molar-refractivity contribution in [2.75, 3.05) is 5.32 Å². The van der Waals surface area contributed by atoms with Gasteiger partial charge in [0.1, 0.15) is 0 Å². The molecular formula is C12H19N. The van der Waals surface area contributed by atoms with Gasteiger partial charge in [0.25, 0.3) is 0 Å². The molecular weight excluding hydrogens is 158 g/mol. The van der Waals surface area contributed by atoms with Crippen LogP contribution < -0.4 is 5.32 Å². The molecule has 0 aromatic heterocycles. The summed E-state index contributed by atoms with van der Waals surface area (Å²) in [7, 11) is 0. The Bertz CT molecular complexity index is 274. The van der Waals surface area contributed by atoms with Gasteiger partial charge in [-0.1, -0.05) is 6.07 Å². The third kappa shape index (κ3) is 3.49. The molecule has 0 fully saturated rings. The predicted molar refractivity (Wildman–Crippen MR) is 59.3 cm³/mol. The summed E-state index contributed by atoms with van der Waals surface area (Å²) in [6.45, 7) is 10.8. The lowest BCUT2D eigenvalue weighted by Gasteiger charge is -2.22. The molecule has 1 aromatic carbocycles. The summed E-state index contributed by atoms with van der Waals surface area (Å²) in [5.41, 5.74) is 3.98. The number of hydrogen-bond acceptors (Lipinski definition) is 1. The van der Waals surface area contributed by atoms with Gasteiger partial charge in [-0.25, -0.2) is 0 Å². The van der Waals surface area contributed by atoms with Crippen LogP contribution in [0, 0.1) is 13.8 Å². The Morgan fingerprint density at radius 2 is 1.38 bits per heavy atom. The molecule has 13 heavy (non-hydrogen) atoms. The molecule has 72 valence electrons. The molecule has 0 radical (unpaired) electrons. The third-order valence-electron chi connectivity index (χ3n) is 1.74. The van der Waals surface area contributed by atoms with E-state index in [1.54, 1.807) is 0 Å². The molecule has 0 aliphatic carbocycles. The van der Waals surface area contributed by atoms with Gasteiger partial charge in [0, 0.05) is 11.2 Å². The lowest BCUT2D eigenvalue weighted by Crippen LogP contribution is -2.26.